The van der Waals surface area contributed by atoms with Crippen LogP contribution in [0.1, 0.15) is 45.4 Å². The van der Waals surface area contributed by atoms with Crippen molar-refractivity contribution in [1.82, 2.24) is 10.2 Å². The lowest BCUT2D eigenvalue weighted by atomic mass is 9.78. The highest BCUT2D eigenvalue weighted by Gasteiger charge is 2.35. The van der Waals surface area contributed by atoms with Crippen molar-refractivity contribution >= 4 is 0 Å². The molecular formula is C14H26N2. The van der Waals surface area contributed by atoms with E-state index in [0.29, 0.717) is 0 Å². The third-order valence-corrected chi connectivity index (χ3v) is 5.02. The van der Waals surface area contributed by atoms with Crippen LogP contribution in [0.25, 0.3) is 0 Å². The van der Waals surface area contributed by atoms with E-state index < -0.39 is 0 Å². The number of likely N-dealkylation sites (tertiary alicyclic amines) is 1. The normalized spacial score (nSPS) is 45.6. The van der Waals surface area contributed by atoms with Crippen LogP contribution in [0.4, 0.5) is 0 Å². The first-order chi connectivity index (χ1) is 7.83. The largest absolute Gasteiger partial charge is 0.314 e. The smallest absolute Gasteiger partial charge is 0.0108 e. The van der Waals surface area contributed by atoms with Gasteiger partial charge in [-0.25, -0.2) is 0 Å². The number of hydrogen-bond acceptors (Lipinski definition) is 2. The first kappa shape index (κ1) is 11.0. The molecule has 2 nitrogen and oxygen atoms in total. The predicted molar refractivity (Wildman–Crippen MR) is 67.5 cm³/mol. The molecule has 1 N–H and O–H groups in total. The monoisotopic (exact) mass is 222 g/mol. The van der Waals surface area contributed by atoms with E-state index in [-0.39, 0.29) is 0 Å². The quantitative estimate of drug-likeness (QED) is 0.771. The number of nitrogens with one attached hydrogen (secondary N) is 1. The average molecular weight is 222 g/mol. The van der Waals surface area contributed by atoms with Crippen molar-refractivity contribution in [3.05, 3.63) is 0 Å². The molecule has 2 unspecified atom stereocenters. The van der Waals surface area contributed by atoms with E-state index >= 15 is 0 Å². The topological polar surface area (TPSA) is 15.3 Å². The molecule has 3 fully saturated rings. The van der Waals surface area contributed by atoms with Crippen molar-refractivity contribution < 1.29 is 0 Å². The van der Waals surface area contributed by atoms with Crippen LogP contribution >= 0.6 is 0 Å². The van der Waals surface area contributed by atoms with E-state index in [1.807, 2.05) is 0 Å². The lowest BCUT2D eigenvalue weighted by Crippen LogP contribution is -2.51. The number of rotatable bonds is 2. The van der Waals surface area contributed by atoms with Gasteiger partial charge < -0.3 is 10.2 Å². The van der Waals surface area contributed by atoms with E-state index in [1.54, 1.807) is 0 Å². The molecule has 92 valence electrons. The standard InChI is InChI=1S/C14H26N2/c1-11-8-13(9-11)16-7-3-4-12(10-16)14-5-2-6-15-14/h11-15H,2-10H2,1H3. The summed E-state index contributed by atoms with van der Waals surface area (Å²) in [5.74, 6) is 1.95. The molecule has 2 heterocycles. The van der Waals surface area contributed by atoms with Gasteiger partial charge >= 0.3 is 0 Å². The van der Waals surface area contributed by atoms with Gasteiger partial charge in [0.15, 0.2) is 0 Å². The lowest BCUT2D eigenvalue weighted by molar-refractivity contribution is 0.0408. The molecule has 0 radical (unpaired) electrons. The van der Waals surface area contributed by atoms with Crippen LogP contribution in [0.3, 0.4) is 0 Å². The van der Waals surface area contributed by atoms with Crippen LogP contribution in [0.5, 0.6) is 0 Å². The summed E-state index contributed by atoms with van der Waals surface area (Å²) in [5, 5.41) is 3.70. The van der Waals surface area contributed by atoms with Crippen molar-refractivity contribution in [2.45, 2.75) is 57.5 Å². The van der Waals surface area contributed by atoms with E-state index in [1.165, 1.54) is 58.2 Å². The van der Waals surface area contributed by atoms with Gasteiger partial charge in [0.05, 0.1) is 0 Å². The first-order valence-electron chi connectivity index (χ1n) is 7.30. The molecule has 3 aliphatic rings. The van der Waals surface area contributed by atoms with Gasteiger partial charge in [-0.2, -0.15) is 0 Å². The fraction of sp³-hybridized carbons (Fsp3) is 1.00. The SMILES string of the molecule is CC1CC(N2CCCC(C3CCCN3)C2)C1. The molecule has 0 aromatic rings. The minimum atomic E-state index is 0.847. The summed E-state index contributed by atoms with van der Waals surface area (Å²) >= 11 is 0. The van der Waals surface area contributed by atoms with Crippen molar-refractivity contribution in [1.29, 1.82) is 0 Å². The average Bonchev–Trinajstić information content (AvgIpc) is 2.78. The highest BCUT2D eigenvalue weighted by Crippen LogP contribution is 2.35. The summed E-state index contributed by atoms with van der Waals surface area (Å²) in [6, 6.07) is 1.79. The Morgan fingerprint density at radius 2 is 2.00 bits per heavy atom. The van der Waals surface area contributed by atoms with Crippen LogP contribution in [0, 0.1) is 11.8 Å². The van der Waals surface area contributed by atoms with E-state index in [2.05, 4.69) is 17.1 Å². The van der Waals surface area contributed by atoms with Crippen LogP contribution in [0.2, 0.25) is 0 Å². The Kier molecular flexibility index (Phi) is 3.21. The number of nitrogens with zero attached hydrogens (tertiary/aromatic N) is 1. The van der Waals surface area contributed by atoms with E-state index in [4.69, 9.17) is 0 Å². The van der Waals surface area contributed by atoms with Crippen molar-refractivity contribution in [2.24, 2.45) is 11.8 Å². The highest BCUT2D eigenvalue weighted by molar-refractivity contribution is 4.91. The van der Waals surface area contributed by atoms with Gasteiger partial charge in [0.25, 0.3) is 0 Å². The van der Waals surface area contributed by atoms with Gasteiger partial charge in [-0.15, -0.1) is 0 Å². The van der Waals surface area contributed by atoms with Crippen LogP contribution in [-0.4, -0.2) is 36.6 Å². The van der Waals surface area contributed by atoms with Crippen LogP contribution in [0.15, 0.2) is 0 Å². The van der Waals surface area contributed by atoms with Crippen molar-refractivity contribution in [3.63, 3.8) is 0 Å². The van der Waals surface area contributed by atoms with Crippen LogP contribution in [-0.2, 0) is 0 Å². The molecule has 1 saturated carbocycles. The Hall–Kier alpha value is -0.0800. The maximum atomic E-state index is 3.70. The second-order valence-electron chi connectivity index (χ2n) is 6.33. The molecule has 2 atom stereocenters. The molecule has 0 aromatic carbocycles. The van der Waals surface area contributed by atoms with Gasteiger partial charge in [0.1, 0.15) is 0 Å². The fourth-order valence-corrected chi connectivity index (χ4v) is 3.97. The van der Waals surface area contributed by atoms with Crippen molar-refractivity contribution in [3.8, 4) is 0 Å². The molecular weight excluding hydrogens is 196 g/mol. The maximum Gasteiger partial charge on any atom is 0.0108 e. The Balaban J connectivity index is 1.53. The first-order valence-corrected chi connectivity index (χ1v) is 7.30. The highest BCUT2D eigenvalue weighted by atomic mass is 15.2. The zero-order valence-corrected chi connectivity index (χ0v) is 10.6. The predicted octanol–water partition coefficient (Wildman–Crippen LogP) is 2.25. The van der Waals surface area contributed by atoms with Gasteiger partial charge in [-0.05, 0) is 63.5 Å². The zero-order valence-electron chi connectivity index (χ0n) is 10.6. The minimum absolute atomic E-state index is 0.847. The van der Waals surface area contributed by atoms with Gasteiger partial charge in [0, 0.05) is 18.6 Å². The molecule has 0 amide bonds. The summed E-state index contributed by atoms with van der Waals surface area (Å²) in [6.07, 6.45) is 8.67. The number of hydrogen-bond donors (Lipinski definition) is 1. The summed E-state index contributed by atoms with van der Waals surface area (Å²) < 4.78 is 0. The second kappa shape index (κ2) is 4.66. The van der Waals surface area contributed by atoms with Gasteiger partial charge in [-0.1, -0.05) is 6.92 Å². The third kappa shape index (κ3) is 2.14. The molecule has 2 saturated heterocycles. The van der Waals surface area contributed by atoms with Gasteiger partial charge in [0.2, 0.25) is 0 Å². The lowest BCUT2D eigenvalue weighted by Gasteiger charge is -2.46. The maximum absolute atomic E-state index is 3.70. The Morgan fingerprint density at radius 1 is 1.12 bits per heavy atom. The Bertz CT molecular complexity index is 229. The van der Waals surface area contributed by atoms with Crippen molar-refractivity contribution in [2.75, 3.05) is 19.6 Å². The Morgan fingerprint density at radius 3 is 2.69 bits per heavy atom. The summed E-state index contributed by atoms with van der Waals surface area (Å²) in [7, 11) is 0. The summed E-state index contributed by atoms with van der Waals surface area (Å²) in [6.45, 7) is 6.42. The van der Waals surface area contributed by atoms with Gasteiger partial charge in [-0.3, -0.25) is 0 Å². The fourth-order valence-electron chi connectivity index (χ4n) is 3.97. The second-order valence-corrected chi connectivity index (χ2v) is 6.33. The molecule has 1 aliphatic carbocycles. The Labute approximate surface area is 99.8 Å². The summed E-state index contributed by atoms with van der Waals surface area (Å²) in [4.78, 5) is 2.80. The third-order valence-electron chi connectivity index (χ3n) is 5.02. The molecule has 0 bridgehead atoms. The molecule has 0 spiro atoms. The van der Waals surface area contributed by atoms with Crippen LogP contribution < -0.4 is 5.32 Å². The number of piperidine rings is 1. The van der Waals surface area contributed by atoms with E-state index in [9.17, 15) is 0 Å². The molecule has 16 heavy (non-hydrogen) atoms. The molecule has 2 heteroatoms. The zero-order chi connectivity index (χ0) is 11.0. The minimum Gasteiger partial charge on any atom is -0.314 e. The molecule has 0 aromatic heterocycles. The van der Waals surface area contributed by atoms with E-state index in [0.717, 1.165) is 23.9 Å². The molecule has 3 rings (SSSR count). The molecule has 2 aliphatic heterocycles. The summed E-state index contributed by atoms with van der Waals surface area (Å²) in [5.41, 5.74) is 0.